The zero-order valence-corrected chi connectivity index (χ0v) is 43.4. The van der Waals surface area contributed by atoms with Crippen molar-refractivity contribution in [3.05, 3.63) is 0 Å². The van der Waals surface area contributed by atoms with Crippen LogP contribution in [0.25, 0.3) is 0 Å². The molecule has 0 fully saturated rings. The van der Waals surface area contributed by atoms with Crippen molar-refractivity contribution in [3.63, 3.8) is 0 Å². The van der Waals surface area contributed by atoms with E-state index in [0.717, 1.165) is 9.73 Å². The standard InChI is InChI=1S/C56H110O2S2/c1-5-9-13-17-21-25-29-33-37-41-45-53(46-42-38-34-30-26-22-18-14-10-6-2)55(59)51-57-49-50-58-52-56(60)54(47-43-39-35-31-27-23-19-15-11-7-3)48-44-40-36-32-28-24-20-16-12-8-4/h53-54H,5-52H2,1-4H3. The van der Waals surface area contributed by atoms with E-state index in [0.29, 0.717) is 38.3 Å². The van der Waals surface area contributed by atoms with Crippen LogP contribution in [0.15, 0.2) is 0 Å². The van der Waals surface area contributed by atoms with Crippen molar-refractivity contribution in [2.24, 2.45) is 11.8 Å². The van der Waals surface area contributed by atoms with Crippen molar-refractivity contribution < 1.29 is 9.47 Å². The highest BCUT2D eigenvalue weighted by Crippen LogP contribution is 2.24. The van der Waals surface area contributed by atoms with Gasteiger partial charge in [0.15, 0.2) is 0 Å². The molecule has 0 saturated carbocycles. The summed E-state index contributed by atoms with van der Waals surface area (Å²) in [5.41, 5.74) is 0. The summed E-state index contributed by atoms with van der Waals surface area (Å²) in [7, 11) is 0. The molecule has 0 spiro atoms. The van der Waals surface area contributed by atoms with E-state index in [-0.39, 0.29) is 0 Å². The van der Waals surface area contributed by atoms with Crippen LogP contribution < -0.4 is 0 Å². The molecule has 0 amide bonds. The van der Waals surface area contributed by atoms with Gasteiger partial charge in [-0.25, -0.2) is 0 Å². The van der Waals surface area contributed by atoms with Gasteiger partial charge in [-0.15, -0.1) is 0 Å². The van der Waals surface area contributed by atoms with E-state index >= 15 is 0 Å². The normalized spacial score (nSPS) is 11.8. The van der Waals surface area contributed by atoms with Gasteiger partial charge in [0.25, 0.3) is 0 Å². The highest BCUT2D eigenvalue weighted by atomic mass is 32.1. The molecule has 358 valence electrons. The van der Waals surface area contributed by atoms with E-state index in [9.17, 15) is 0 Å². The average molecular weight is 880 g/mol. The van der Waals surface area contributed by atoms with Gasteiger partial charge in [-0.05, 0) is 37.5 Å². The Morgan fingerprint density at radius 1 is 0.267 bits per heavy atom. The van der Waals surface area contributed by atoms with Crippen LogP contribution in [0.3, 0.4) is 0 Å². The second-order valence-corrected chi connectivity index (χ2v) is 20.4. The van der Waals surface area contributed by atoms with Gasteiger partial charge in [0.2, 0.25) is 0 Å². The number of rotatable bonds is 53. The van der Waals surface area contributed by atoms with Crippen LogP contribution in [-0.4, -0.2) is 36.2 Å². The molecule has 4 heteroatoms. The van der Waals surface area contributed by atoms with E-state index in [4.69, 9.17) is 33.9 Å². The summed E-state index contributed by atoms with van der Waals surface area (Å²) >= 11 is 12.1. The van der Waals surface area contributed by atoms with Crippen molar-refractivity contribution >= 4 is 34.2 Å². The van der Waals surface area contributed by atoms with Gasteiger partial charge in [0.1, 0.15) is 0 Å². The van der Waals surface area contributed by atoms with Gasteiger partial charge in [0, 0.05) is 9.73 Å². The first-order valence-electron chi connectivity index (χ1n) is 27.8. The topological polar surface area (TPSA) is 18.5 Å². The zero-order valence-electron chi connectivity index (χ0n) is 41.7. The van der Waals surface area contributed by atoms with Crippen molar-refractivity contribution in [1.82, 2.24) is 0 Å². The van der Waals surface area contributed by atoms with Gasteiger partial charge in [-0.3, -0.25) is 0 Å². The van der Waals surface area contributed by atoms with Gasteiger partial charge in [-0.1, -0.05) is 309 Å². The Morgan fingerprint density at radius 3 is 0.617 bits per heavy atom. The quantitative estimate of drug-likeness (QED) is 0.0447. The highest BCUT2D eigenvalue weighted by Gasteiger charge is 2.16. The van der Waals surface area contributed by atoms with E-state index in [1.807, 2.05) is 0 Å². The van der Waals surface area contributed by atoms with E-state index in [1.54, 1.807) is 0 Å². The molecule has 0 aliphatic heterocycles. The summed E-state index contributed by atoms with van der Waals surface area (Å²) in [5.74, 6) is 1.07. The summed E-state index contributed by atoms with van der Waals surface area (Å²) in [6.45, 7) is 11.7. The molecule has 0 atom stereocenters. The highest BCUT2D eigenvalue weighted by molar-refractivity contribution is 7.80. The molecule has 0 radical (unpaired) electrons. The van der Waals surface area contributed by atoms with Crippen LogP contribution in [0.1, 0.15) is 310 Å². The van der Waals surface area contributed by atoms with Crippen LogP contribution in [0, 0.1) is 11.8 Å². The second-order valence-electron chi connectivity index (χ2n) is 19.3. The van der Waals surface area contributed by atoms with Crippen LogP contribution in [0.2, 0.25) is 0 Å². The number of unbranched alkanes of at least 4 members (excludes halogenated alkanes) is 36. The Hall–Kier alpha value is 0.100. The first-order valence-corrected chi connectivity index (χ1v) is 28.6. The first kappa shape index (κ1) is 60.1. The van der Waals surface area contributed by atoms with Crippen LogP contribution in [-0.2, 0) is 9.47 Å². The summed E-state index contributed by atoms with van der Waals surface area (Å²) in [4.78, 5) is 2.32. The van der Waals surface area contributed by atoms with Crippen molar-refractivity contribution in [3.8, 4) is 0 Å². The summed E-state index contributed by atoms with van der Waals surface area (Å²) in [6, 6.07) is 0. The Balaban J connectivity index is 4.63. The molecule has 0 aromatic carbocycles. The Morgan fingerprint density at radius 2 is 0.433 bits per heavy atom. The maximum atomic E-state index is 6.19. The third kappa shape index (κ3) is 44.7. The molecule has 0 rings (SSSR count). The van der Waals surface area contributed by atoms with Crippen molar-refractivity contribution in [2.45, 2.75) is 310 Å². The van der Waals surface area contributed by atoms with Crippen LogP contribution in [0.5, 0.6) is 0 Å². The number of hydrogen-bond donors (Lipinski definition) is 0. The molecule has 0 saturated heterocycles. The maximum absolute atomic E-state index is 6.19. The summed E-state index contributed by atoms with van der Waals surface area (Å²) in [5, 5.41) is 0. The third-order valence-corrected chi connectivity index (χ3v) is 14.3. The summed E-state index contributed by atoms with van der Waals surface area (Å²) < 4.78 is 12.4. The third-order valence-electron chi connectivity index (χ3n) is 13.4. The Labute approximate surface area is 390 Å². The molecule has 60 heavy (non-hydrogen) atoms. The minimum Gasteiger partial charge on any atom is -0.374 e. The van der Waals surface area contributed by atoms with Crippen LogP contribution in [0.4, 0.5) is 0 Å². The van der Waals surface area contributed by atoms with Gasteiger partial charge in [-0.2, -0.15) is 0 Å². The molecule has 0 unspecified atom stereocenters. The number of hydrogen-bond acceptors (Lipinski definition) is 4. The van der Waals surface area contributed by atoms with Crippen molar-refractivity contribution in [2.75, 3.05) is 26.4 Å². The van der Waals surface area contributed by atoms with Crippen molar-refractivity contribution in [1.29, 1.82) is 0 Å². The molecule has 0 aliphatic rings. The fraction of sp³-hybridized carbons (Fsp3) is 0.964. The zero-order chi connectivity index (χ0) is 43.7. The molecular formula is C56H110O2S2. The lowest BCUT2D eigenvalue weighted by molar-refractivity contribution is 0.0777. The van der Waals surface area contributed by atoms with E-state index in [2.05, 4.69) is 27.7 Å². The summed E-state index contributed by atoms with van der Waals surface area (Å²) in [6.07, 6.45) is 60.7. The molecular weight excluding hydrogens is 769 g/mol. The smallest absolute Gasteiger partial charge is 0.0783 e. The predicted molar refractivity (Wildman–Crippen MR) is 280 cm³/mol. The Kier molecular flexibility index (Phi) is 51.8. The molecule has 0 N–H and O–H groups in total. The molecule has 0 aromatic rings. The molecule has 0 bridgehead atoms. The van der Waals surface area contributed by atoms with Crippen LogP contribution >= 0.6 is 24.4 Å². The average Bonchev–Trinajstić information content (AvgIpc) is 3.25. The lowest BCUT2D eigenvalue weighted by Crippen LogP contribution is -2.22. The van der Waals surface area contributed by atoms with Gasteiger partial charge >= 0.3 is 0 Å². The van der Waals surface area contributed by atoms with Gasteiger partial charge < -0.3 is 9.47 Å². The Bertz CT molecular complexity index is 729. The lowest BCUT2D eigenvalue weighted by Gasteiger charge is -2.20. The van der Waals surface area contributed by atoms with E-state index < -0.39 is 0 Å². The number of thiocarbonyl (C=S) groups is 2. The minimum absolute atomic E-state index is 0.536. The second kappa shape index (κ2) is 51.7. The maximum Gasteiger partial charge on any atom is 0.0783 e. The fourth-order valence-corrected chi connectivity index (χ4v) is 9.78. The molecule has 0 heterocycles. The van der Waals surface area contributed by atoms with E-state index in [1.165, 1.54) is 283 Å². The fourth-order valence-electron chi connectivity index (χ4n) is 9.14. The predicted octanol–water partition coefficient (Wildman–Crippen LogP) is 20.2. The minimum atomic E-state index is 0.536. The monoisotopic (exact) mass is 879 g/mol. The first-order chi connectivity index (χ1) is 29.6. The van der Waals surface area contributed by atoms with Gasteiger partial charge in [0.05, 0.1) is 26.4 Å². The lowest BCUT2D eigenvalue weighted by atomic mass is 9.91. The molecule has 0 aliphatic carbocycles. The molecule has 2 nitrogen and oxygen atoms in total. The largest absolute Gasteiger partial charge is 0.374 e. The number of ether oxygens (including phenoxy) is 2. The molecule has 0 aromatic heterocycles. The SMILES string of the molecule is CCCCCCCCCCCCC(CCCCCCCCCCCC)C(=S)COCCOCC(=S)C(CCCCCCCCCCCC)CCCCCCCCCCCC.